The fraction of sp³-hybridized carbons (Fsp3) is 0.462. The number of ether oxygens (including phenoxy) is 2. The molecule has 2 amide bonds. The Bertz CT molecular complexity index is 1230. The Kier molecular flexibility index (Phi) is 11.2. The second-order valence-corrected chi connectivity index (χ2v) is 11.7. The van der Waals surface area contributed by atoms with Crippen LogP contribution >= 0.6 is 35.3 Å². The molecule has 1 unspecified atom stereocenters. The van der Waals surface area contributed by atoms with E-state index in [0.29, 0.717) is 23.4 Å². The molecule has 0 fully saturated rings. The molecule has 1 heterocycles. The van der Waals surface area contributed by atoms with Crippen molar-refractivity contribution >= 4 is 52.7 Å². The number of halogens is 7. The average Bonchev–Trinajstić information content (AvgIpc) is 3.23. The number of amides is 2. The lowest BCUT2D eigenvalue weighted by atomic mass is 9.78. The van der Waals surface area contributed by atoms with Crippen molar-refractivity contribution in [1.29, 1.82) is 0 Å². The molecule has 0 saturated carbocycles. The van der Waals surface area contributed by atoms with E-state index < -0.39 is 40.3 Å². The van der Waals surface area contributed by atoms with Crippen LogP contribution in [0.3, 0.4) is 0 Å². The highest BCUT2D eigenvalue weighted by atomic mass is 35.5. The predicted molar refractivity (Wildman–Crippen MR) is 151 cm³/mol. The molecule has 0 bridgehead atoms. The third kappa shape index (κ3) is 8.85. The van der Waals surface area contributed by atoms with Crippen LogP contribution in [0.4, 0.5) is 36.8 Å². The number of nitrogens with zero attached hydrogens (tertiary/aromatic N) is 3. The number of benzene rings is 2. The molecule has 3 rings (SSSR count). The van der Waals surface area contributed by atoms with Crippen LogP contribution in [0.1, 0.15) is 30.9 Å². The zero-order valence-corrected chi connectivity index (χ0v) is 24.7. The summed E-state index contributed by atoms with van der Waals surface area (Å²) in [6.07, 6.45) is -6.18. The molecule has 0 radical (unpaired) electrons. The quantitative estimate of drug-likeness (QED) is 0.140. The van der Waals surface area contributed by atoms with E-state index in [9.17, 15) is 31.1 Å². The molecule has 0 N–H and O–H groups in total. The van der Waals surface area contributed by atoms with E-state index in [0.717, 1.165) is 42.3 Å². The van der Waals surface area contributed by atoms with Gasteiger partial charge >= 0.3 is 18.6 Å². The zero-order chi connectivity index (χ0) is 30.4. The predicted octanol–water partition coefficient (Wildman–Crippen LogP) is 8.35. The molecule has 2 aromatic rings. The summed E-state index contributed by atoms with van der Waals surface area (Å²) in [5, 5.41) is 5.30. The summed E-state index contributed by atoms with van der Waals surface area (Å²) in [5.41, 5.74) is -0.634. The van der Waals surface area contributed by atoms with Crippen LogP contribution in [0.5, 0.6) is 5.75 Å². The third-order valence-electron chi connectivity index (χ3n) is 6.12. The number of carbonyl (C=O) groups excluding carboxylic acids is 1. The number of hydrogen-bond donors (Lipinski definition) is 0. The van der Waals surface area contributed by atoms with Crippen molar-refractivity contribution in [3.8, 4) is 5.75 Å². The number of carbonyl (C=O) groups is 1. The van der Waals surface area contributed by atoms with Gasteiger partial charge in [-0.3, -0.25) is 0 Å². The minimum atomic E-state index is -4.87. The first-order valence-corrected chi connectivity index (χ1v) is 14.9. The van der Waals surface area contributed by atoms with Crippen LogP contribution in [0.15, 0.2) is 47.6 Å². The Balaban J connectivity index is 1.97. The number of urea groups is 1. The summed E-state index contributed by atoms with van der Waals surface area (Å²) in [6, 6.07) is 7.61. The number of alkyl halides is 6. The van der Waals surface area contributed by atoms with Crippen molar-refractivity contribution in [1.82, 2.24) is 5.01 Å². The summed E-state index contributed by atoms with van der Waals surface area (Å²) >= 11 is 8.72. The number of rotatable bonds is 11. The molecule has 0 aliphatic carbocycles. The lowest BCUT2D eigenvalue weighted by molar-refractivity contribution is -0.274. The maximum absolute atomic E-state index is 13.8. The highest BCUT2D eigenvalue weighted by Gasteiger charge is 2.43. The van der Waals surface area contributed by atoms with Gasteiger partial charge in [-0.2, -0.15) is 30.0 Å². The summed E-state index contributed by atoms with van der Waals surface area (Å²) in [4.78, 5) is 13.8. The van der Waals surface area contributed by atoms with Gasteiger partial charge in [0.1, 0.15) is 5.75 Å². The van der Waals surface area contributed by atoms with Gasteiger partial charge in [-0.05, 0) is 78.8 Å². The van der Waals surface area contributed by atoms with E-state index >= 15 is 0 Å². The van der Waals surface area contributed by atoms with Crippen molar-refractivity contribution in [3.63, 3.8) is 0 Å². The SMILES string of the molecule is COCCSN(C(=O)N1CC(C)(CCCSC)C(c2ccc(C(F)(F)F)c(Cl)c2)=N1)c1ccc(OC(F)(F)F)cc1. The summed E-state index contributed by atoms with van der Waals surface area (Å²) in [5.74, 6) is 0.723. The van der Waals surface area contributed by atoms with Gasteiger partial charge in [-0.1, -0.05) is 24.6 Å². The number of thioether (sulfide) groups is 1. The van der Waals surface area contributed by atoms with Crippen LogP contribution in [-0.4, -0.2) is 61.1 Å². The van der Waals surface area contributed by atoms with Gasteiger partial charge in [0.25, 0.3) is 0 Å². The van der Waals surface area contributed by atoms with Crippen LogP contribution < -0.4 is 9.04 Å². The second-order valence-electron chi connectivity index (χ2n) is 9.30. The van der Waals surface area contributed by atoms with Gasteiger partial charge < -0.3 is 9.47 Å². The van der Waals surface area contributed by atoms with E-state index in [-0.39, 0.29) is 18.8 Å². The maximum Gasteiger partial charge on any atom is 0.573 e. The summed E-state index contributed by atoms with van der Waals surface area (Å²) < 4.78 is 88.1. The van der Waals surface area contributed by atoms with E-state index in [1.165, 1.54) is 40.7 Å². The second kappa shape index (κ2) is 13.8. The molecule has 1 aliphatic rings. The van der Waals surface area contributed by atoms with Crippen LogP contribution in [0.2, 0.25) is 5.02 Å². The highest BCUT2D eigenvalue weighted by Crippen LogP contribution is 2.40. The zero-order valence-electron chi connectivity index (χ0n) is 22.3. The molecule has 0 aromatic heterocycles. The monoisotopic (exact) mass is 643 g/mol. The van der Waals surface area contributed by atoms with Gasteiger partial charge in [0, 0.05) is 18.3 Å². The lowest BCUT2D eigenvalue weighted by Gasteiger charge is -2.29. The van der Waals surface area contributed by atoms with Gasteiger partial charge in [0.2, 0.25) is 0 Å². The van der Waals surface area contributed by atoms with Crippen molar-refractivity contribution in [3.05, 3.63) is 58.6 Å². The molecule has 15 heteroatoms. The summed E-state index contributed by atoms with van der Waals surface area (Å²) in [7, 11) is 1.49. The normalized spacial score (nSPS) is 17.5. The van der Waals surface area contributed by atoms with E-state index in [4.69, 9.17) is 16.3 Å². The molecular formula is C26H28ClF6N3O3S2. The Morgan fingerprint density at radius 2 is 1.80 bits per heavy atom. The molecule has 1 atom stereocenters. The highest BCUT2D eigenvalue weighted by molar-refractivity contribution is 8.01. The molecular weight excluding hydrogens is 616 g/mol. The smallest absolute Gasteiger partial charge is 0.406 e. The van der Waals surface area contributed by atoms with Crippen LogP contribution in [0.25, 0.3) is 0 Å². The topological polar surface area (TPSA) is 54.4 Å². The molecule has 1 aliphatic heterocycles. The number of hydrazone groups is 1. The van der Waals surface area contributed by atoms with Gasteiger partial charge in [-0.25, -0.2) is 14.1 Å². The van der Waals surface area contributed by atoms with Crippen LogP contribution in [-0.2, 0) is 10.9 Å². The average molecular weight is 644 g/mol. The first kappa shape index (κ1) is 33.2. The molecule has 2 aromatic carbocycles. The van der Waals surface area contributed by atoms with Gasteiger partial charge in [0.15, 0.2) is 0 Å². The molecule has 226 valence electrons. The number of methoxy groups -OCH3 is 1. The van der Waals surface area contributed by atoms with E-state index in [2.05, 4.69) is 9.84 Å². The maximum atomic E-state index is 13.8. The largest absolute Gasteiger partial charge is 0.573 e. The molecule has 0 spiro atoms. The van der Waals surface area contributed by atoms with Crippen molar-refractivity contribution in [2.45, 2.75) is 32.3 Å². The number of hydrogen-bond acceptors (Lipinski definition) is 6. The first-order valence-electron chi connectivity index (χ1n) is 12.2. The minimum absolute atomic E-state index is 0.130. The summed E-state index contributed by atoms with van der Waals surface area (Å²) in [6.45, 7) is 2.30. The van der Waals surface area contributed by atoms with E-state index in [1.54, 1.807) is 11.8 Å². The third-order valence-corrected chi connectivity index (χ3v) is 8.11. The van der Waals surface area contributed by atoms with Gasteiger partial charge in [-0.15, -0.1) is 13.2 Å². The number of anilines is 1. The fourth-order valence-corrected chi connectivity index (χ4v) is 5.86. The molecule has 6 nitrogen and oxygen atoms in total. The fourth-order valence-electron chi connectivity index (χ4n) is 4.24. The van der Waals surface area contributed by atoms with Crippen molar-refractivity contribution < 1.29 is 40.6 Å². The Morgan fingerprint density at radius 1 is 1.12 bits per heavy atom. The Morgan fingerprint density at radius 3 is 2.37 bits per heavy atom. The molecule has 0 saturated heterocycles. The van der Waals surface area contributed by atoms with Crippen LogP contribution in [0, 0.1) is 5.41 Å². The van der Waals surface area contributed by atoms with Crippen molar-refractivity contribution in [2.24, 2.45) is 10.5 Å². The van der Waals surface area contributed by atoms with Crippen molar-refractivity contribution in [2.75, 3.05) is 42.3 Å². The lowest BCUT2D eigenvalue weighted by Crippen LogP contribution is -2.39. The molecule has 41 heavy (non-hydrogen) atoms. The standard InChI is InChI=1S/C26H28ClF6N3O3S2/c1-24(11-4-13-40-3)16-35(34-22(24)17-5-10-20(21(27)15-17)25(28,29)30)23(37)36(41-14-12-38-2)18-6-8-19(9-7-18)39-26(31,32)33/h5-10,15H,4,11-14,16H2,1-3H3. The Hall–Kier alpha value is -2.29. The minimum Gasteiger partial charge on any atom is -0.406 e. The Labute approximate surface area is 247 Å². The van der Waals surface area contributed by atoms with E-state index in [1.807, 2.05) is 13.2 Å². The first-order chi connectivity index (χ1) is 19.2. The van der Waals surface area contributed by atoms with Gasteiger partial charge in [0.05, 0.1) is 35.1 Å².